The summed E-state index contributed by atoms with van der Waals surface area (Å²) in [6.45, 7) is 2.29. The highest BCUT2D eigenvalue weighted by Crippen LogP contribution is 2.04. The molecule has 0 saturated heterocycles. The van der Waals surface area contributed by atoms with Crippen LogP contribution in [0.15, 0.2) is 77.6 Å². The fourth-order valence-corrected chi connectivity index (χ4v) is 2.90. The molecule has 0 aliphatic carbocycles. The molecule has 28 heavy (non-hydrogen) atoms. The molecule has 144 valence electrons. The van der Waals surface area contributed by atoms with Crippen molar-refractivity contribution in [3.63, 3.8) is 0 Å². The Labute approximate surface area is 164 Å². The van der Waals surface area contributed by atoms with Crippen LogP contribution in [-0.2, 0) is 6.54 Å². The lowest BCUT2D eigenvalue weighted by atomic mass is 10.2. The van der Waals surface area contributed by atoms with Crippen LogP contribution >= 0.6 is 0 Å². The van der Waals surface area contributed by atoms with E-state index < -0.39 is 0 Å². The van der Waals surface area contributed by atoms with Gasteiger partial charge in [-0.2, -0.15) is 9.78 Å². The van der Waals surface area contributed by atoms with Crippen molar-refractivity contribution < 1.29 is 4.79 Å². The van der Waals surface area contributed by atoms with Crippen LogP contribution < -0.4 is 10.9 Å². The Bertz CT molecular complexity index is 955. The molecule has 1 N–H and O–H groups in total. The highest BCUT2D eigenvalue weighted by molar-refractivity contribution is 5.92. The fourth-order valence-electron chi connectivity index (χ4n) is 2.90. The molecule has 0 radical (unpaired) electrons. The molecule has 0 bridgehead atoms. The van der Waals surface area contributed by atoms with Crippen molar-refractivity contribution in [2.24, 2.45) is 0 Å². The van der Waals surface area contributed by atoms with Crippen LogP contribution in [0.2, 0.25) is 0 Å². The Morgan fingerprint density at radius 1 is 1.00 bits per heavy atom. The van der Waals surface area contributed by atoms with E-state index in [0.29, 0.717) is 12.2 Å². The van der Waals surface area contributed by atoms with Crippen molar-refractivity contribution in [1.82, 2.24) is 20.0 Å². The van der Waals surface area contributed by atoms with Gasteiger partial charge in [-0.05, 0) is 43.8 Å². The van der Waals surface area contributed by atoms with Crippen molar-refractivity contribution in [2.75, 3.05) is 20.1 Å². The molecule has 3 rings (SSSR count). The third-order valence-electron chi connectivity index (χ3n) is 4.33. The largest absolute Gasteiger partial charge is 0.351 e. The SMILES string of the molecule is CN(CCCNC(=O)c1ccc(=O)n(-c2ccccc2)n1)Cc1ccccc1. The lowest BCUT2D eigenvalue weighted by Gasteiger charge is -2.16. The lowest BCUT2D eigenvalue weighted by molar-refractivity contribution is 0.0945. The summed E-state index contributed by atoms with van der Waals surface area (Å²) < 4.78 is 1.24. The zero-order valence-electron chi connectivity index (χ0n) is 15.9. The molecule has 0 aliphatic heterocycles. The minimum atomic E-state index is -0.282. The number of carbonyl (C=O) groups is 1. The highest BCUT2D eigenvalue weighted by atomic mass is 16.2. The maximum absolute atomic E-state index is 12.4. The molecule has 3 aromatic rings. The Kier molecular flexibility index (Phi) is 6.70. The molecule has 0 saturated carbocycles. The smallest absolute Gasteiger partial charge is 0.271 e. The number of benzene rings is 2. The van der Waals surface area contributed by atoms with Gasteiger partial charge in [-0.15, -0.1) is 0 Å². The topological polar surface area (TPSA) is 67.2 Å². The summed E-state index contributed by atoms with van der Waals surface area (Å²) in [7, 11) is 2.06. The number of amides is 1. The summed E-state index contributed by atoms with van der Waals surface area (Å²) in [5.74, 6) is -0.282. The van der Waals surface area contributed by atoms with Crippen LogP contribution in [0, 0.1) is 0 Å². The van der Waals surface area contributed by atoms with Crippen molar-refractivity contribution in [2.45, 2.75) is 13.0 Å². The van der Waals surface area contributed by atoms with E-state index >= 15 is 0 Å². The van der Waals surface area contributed by atoms with Crippen LogP contribution in [0.5, 0.6) is 0 Å². The van der Waals surface area contributed by atoms with Gasteiger partial charge < -0.3 is 10.2 Å². The summed E-state index contributed by atoms with van der Waals surface area (Å²) in [6, 6.07) is 22.2. The predicted molar refractivity (Wildman–Crippen MR) is 110 cm³/mol. The van der Waals surface area contributed by atoms with E-state index in [2.05, 4.69) is 34.5 Å². The number of nitrogens with one attached hydrogen (secondary N) is 1. The maximum Gasteiger partial charge on any atom is 0.271 e. The average Bonchev–Trinajstić information content (AvgIpc) is 2.73. The second-order valence-electron chi connectivity index (χ2n) is 6.64. The van der Waals surface area contributed by atoms with Gasteiger partial charge in [0.15, 0.2) is 0 Å². The van der Waals surface area contributed by atoms with E-state index in [1.54, 1.807) is 12.1 Å². The van der Waals surface area contributed by atoms with Crippen LogP contribution in [0.1, 0.15) is 22.5 Å². The minimum Gasteiger partial charge on any atom is -0.351 e. The number of para-hydroxylation sites is 1. The van der Waals surface area contributed by atoms with Gasteiger partial charge in [0.25, 0.3) is 11.5 Å². The second kappa shape index (κ2) is 9.62. The first-order chi connectivity index (χ1) is 13.6. The van der Waals surface area contributed by atoms with Crippen molar-refractivity contribution in [3.8, 4) is 5.69 Å². The first-order valence-electron chi connectivity index (χ1n) is 9.30. The molecule has 2 aromatic carbocycles. The Morgan fingerprint density at radius 2 is 1.68 bits per heavy atom. The Balaban J connectivity index is 1.51. The number of carbonyl (C=O) groups excluding carboxylic acids is 1. The number of hydrogen-bond donors (Lipinski definition) is 1. The van der Waals surface area contributed by atoms with Gasteiger partial charge in [0.05, 0.1) is 5.69 Å². The van der Waals surface area contributed by atoms with Crippen molar-refractivity contribution in [3.05, 3.63) is 94.4 Å². The molecule has 1 heterocycles. The summed E-state index contributed by atoms with van der Waals surface area (Å²) in [6.07, 6.45) is 0.827. The van der Waals surface area contributed by atoms with Gasteiger partial charge in [0.2, 0.25) is 0 Å². The Morgan fingerprint density at radius 3 is 2.39 bits per heavy atom. The molecule has 0 unspecified atom stereocenters. The molecule has 0 spiro atoms. The highest BCUT2D eigenvalue weighted by Gasteiger charge is 2.10. The molecule has 0 atom stereocenters. The average molecular weight is 376 g/mol. The van der Waals surface area contributed by atoms with Crippen LogP contribution in [0.3, 0.4) is 0 Å². The third kappa shape index (κ3) is 5.37. The van der Waals surface area contributed by atoms with Gasteiger partial charge in [-0.25, -0.2) is 0 Å². The number of nitrogens with zero attached hydrogens (tertiary/aromatic N) is 3. The molecule has 0 aliphatic rings. The molecule has 0 fully saturated rings. The van der Waals surface area contributed by atoms with Gasteiger partial charge in [-0.1, -0.05) is 48.5 Å². The number of hydrogen-bond acceptors (Lipinski definition) is 4. The quantitative estimate of drug-likeness (QED) is 0.614. The summed E-state index contributed by atoms with van der Waals surface area (Å²) in [4.78, 5) is 26.6. The molecule has 1 aromatic heterocycles. The van der Waals surface area contributed by atoms with Crippen LogP contribution in [0.25, 0.3) is 5.69 Å². The third-order valence-corrected chi connectivity index (χ3v) is 4.33. The summed E-state index contributed by atoms with van der Waals surface area (Å²) >= 11 is 0. The normalized spacial score (nSPS) is 10.8. The number of aromatic nitrogens is 2. The van der Waals surface area contributed by atoms with Crippen molar-refractivity contribution in [1.29, 1.82) is 0 Å². The lowest BCUT2D eigenvalue weighted by Crippen LogP contribution is -2.31. The van der Waals surface area contributed by atoms with Gasteiger partial charge in [0.1, 0.15) is 5.69 Å². The van der Waals surface area contributed by atoms with E-state index in [-0.39, 0.29) is 17.2 Å². The van der Waals surface area contributed by atoms with E-state index in [0.717, 1.165) is 19.5 Å². The molecular weight excluding hydrogens is 352 g/mol. The summed E-state index contributed by atoms with van der Waals surface area (Å²) in [5.41, 5.74) is 1.84. The van der Waals surface area contributed by atoms with Crippen LogP contribution in [-0.4, -0.2) is 40.7 Å². The molecule has 6 heteroatoms. The van der Waals surface area contributed by atoms with E-state index in [4.69, 9.17) is 0 Å². The van der Waals surface area contributed by atoms with Gasteiger partial charge in [0, 0.05) is 19.2 Å². The van der Waals surface area contributed by atoms with Crippen molar-refractivity contribution >= 4 is 5.91 Å². The second-order valence-corrected chi connectivity index (χ2v) is 6.64. The zero-order valence-corrected chi connectivity index (χ0v) is 15.9. The van der Waals surface area contributed by atoms with Gasteiger partial charge in [-0.3, -0.25) is 9.59 Å². The van der Waals surface area contributed by atoms with E-state index in [1.807, 2.05) is 36.4 Å². The monoisotopic (exact) mass is 376 g/mol. The number of rotatable bonds is 8. The summed E-state index contributed by atoms with van der Waals surface area (Å²) in [5, 5.41) is 7.07. The predicted octanol–water partition coefficient (Wildman–Crippen LogP) is 2.48. The molecule has 6 nitrogen and oxygen atoms in total. The molecular formula is C22H24N4O2. The first-order valence-corrected chi connectivity index (χ1v) is 9.30. The van der Waals surface area contributed by atoms with E-state index in [1.165, 1.54) is 22.4 Å². The maximum atomic E-state index is 12.4. The standard InChI is InChI=1S/C22H24N4O2/c1-25(17-18-9-4-2-5-10-18)16-8-15-23-22(28)20-13-14-21(27)26(24-20)19-11-6-3-7-12-19/h2-7,9-14H,8,15-17H2,1H3,(H,23,28). The van der Waals surface area contributed by atoms with E-state index in [9.17, 15) is 9.59 Å². The minimum absolute atomic E-state index is 0.223. The van der Waals surface area contributed by atoms with Crippen LogP contribution in [0.4, 0.5) is 0 Å². The molecule has 1 amide bonds. The zero-order chi connectivity index (χ0) is 19.8. The fraction of sp³-hybridized carbons (Fsp3) is 0.227. The van der Waals surface area contributed by atoms with Gasteiger partial charge >= 0.3 is 0 Å². The Hall–Kier alpha value is -3.25. The first kappa shape index (κ1) is 19.5.